The van der Waals surface area contributed by atoms with E-state index in [1.54, 1.807) is 18.1 Å². The Bertz CT molecular complexity index is 451. The monoisotopic (exact) mass is 203 g/mol. The Kier molecular flexibility index (Phi) is 2.67. The van der Waals surface area contributed by atoms with Gasteiger partial charge >= 0.3 is 0 Å². The van der Waals surface area contributed by atoms with Crippen molar-refractivity contribution in [3.8, 4) is 11.4 Å². The van der Waals surface area contributed by atoms with E-state index in [-0.39, 0.29) is 0 Å². The van der Waals surface area contributed by atoms with Crippen LogP contribution in [0.5, 0.6) is 5.75 Å². The molecule has 0 unspecified atom stereocenters. The normalized spacial score (nSPS) is 10.3. The summed E-state index contributed by atoms with van der Waals surface area (Å²) in [5.41, 5.74) is 0.960. The summed E-state index contributed by atoms with van der Waals surface area (Å²) in [6.45, 7) is 2.03. The second kappa shape index (κ2) is 4.13. The molecule has 0 bridgehead atoms. The molecule has 0 N–H and O–H groups in total. The van der Waals surface area contributed by atoms with Crippen LogP contribution < -0.4 is 4.74 Å². The number of rotatable bonds is 3. The third-order valence-corrected chi connectivity index (χ3v) is 2.17. The maximum Gasteiger partial charge on any atom is 0.150 e. The lowest BCUT2D eigenvalue weighted by atomic mass is 10.3. The zero-order chi connectivity index (χ0) is 10.7. The summed E-state index contributed by atoms with van der Waals surface area (Å²) >= 11 is 0. The molecule has 1 aromatic heterocycles. The van der Waals surface area contributed by atoms with E-state index in [0.717, 1.165) is 23.7 Å². The highest BCUT2D eigenvalue weighted by molar-refractivity contribution is 5.38. The van der Waals surface area contributed by atoms with Gasteiger partial charge in [0, 0.05) is 12.5 Å². The van der Waals surface area contributed by atoms with E-state index < -0.39 is 0 Å². The molecule has 2 rings (SSSR count). The molecule has 0 atom stereocenters. The van der Waals surface area contributed by atoms with Crippen molar-refractivity contribution in [2.45, 2.75) is 13.3 Å². The molecule has 1 heterocycles. The van der Waals surface area contributed by atoms with E-state index in [2.05, 4.69) is 10.1 Å². The van der Waals surface area contributed by atoms with Crippen LogP contribution in [0.2, 0.25) is 0 Å². The van der Waals surface area contributed by atoms with Crippen LogP contribution in [0.3, 0.4) is 0 Å². The van der Waals surface area contributed by atoms with Crippen LogP contribution in [0.15, 0.2) is 30.6 Å². The van der Waals surface area contributed by atoms with Crippen molar-refractivity contribution in [2.75, 3.05) is 7.11 Å². The Balaban J connectivity index is 2.35. The van der Waals surface area contributed by atoms with Gasteiger partial charge in [0.25, 0.3) is 0 Å². The number of hydrogen-bond acceptors (Lipinski definition) is 3. The number of hydrogen-bond donors (Lipinski definition) is 0. The van der Waals surface area contributed by atoms with E-state index in [1.165, 1.54) is 0 Å². The van der Waals surface area contributed by atoms with Crippen molar-refractivity contribution < 1.29 is 4.74 Å². The fourth-order valence-electron chi connectivity index (χ4n) is 1.34. The molecule has 0 aliphatic carbocycles. The lowest BCUT2D eigenvalue weighted by Gasteiger charge is -2.03. The van der Waals surface area contributed by atoms with E-state index in [0.29, 0.717) is 0 Å². The molecule has 4 heteroatoms. The number of ether oxygens (including phenoxy) is 1. The first-order valence-electron chi connectivity index (χ1n) is 4.88. The topological polar surface area (TPSA) is 39.9 Å². The van der Waals surface area contributed by atoms with Gasteiger partial charge in [-0.3, -0.25) is 0 Å². The fraction of sp³-hybridized carbons (Fsp3) is 0.273. The summed E-state index contributed by atoms with van der Waals surface area (Å²) < 4.78 is 6.90. The predicted molar refractivity (Wildman–Crippen MR) is 57.3 cm³/mol. The standard InChI is InChI=1S/C11H13N3O/c1-3-11-12-8-14(13-11)9-5-4-6-10(7-9)15-2/h4-8H,3H2,1-2H3. The number of benzene rings is 1. The fourth-order valence-corrected chi connectivity index (χ4v) is 1.34. The number of aryl methyl sites for hydroxylation is 1. The Morgan fingerprint density at radius 3 is 2.93 bits per heavy atom. The zero-order valence-electron chi connectivity index (χ0n) is 8.84. The average molecular weight is 203 g/mol. The average Bonchev–Trinajstić information content (AvgIpc) is 2.78. The Hall–Kier alpha value is -1.84. The van der Waals surface area contributed by atoms with Crippen LogP contribution in [-0.4, -0.2) is 21.9 Å². The molecule has 0 aliphatic heterocycles. The molecular formula is C11H13N3O. The minimum Gasteiger partial charge on any atom is -0.497 e. The van der Waals surface area contributed by atoms with Gasteiger partial charge in [0.1, 0.15) is 12.1 Å². The van der Waals surface area contributed by atoms with Gasteiger partial charge in [-0.2, -0.15) is 5.10 Å². The highest BCUT2D eigenvalue weighted by Crippen LogP contribution is 2.15. The minimum atomic E-state index is 0.820. The second-order valence-electron chi connectivity index (χ2n) is 3.16. The first kappa shape index (κ1) is 9.71. The lowest BCUT2D eigenvalue weighted by Crippen LogP contribution is -1.96. The second-order valence-corrected chi connectivity index (χ2v) is 3.16. The van der Waals surface area contributed by atoms with Gasteiger partial charge in [-0.25, -0.2) is 9.67 Å². The number of aromatic nitrogens is 3. The summed E-state index contributed by atoms with van der Waals surface area (Å²) in [6.07, 6.45) is 2.56. The molecular weight excluding hydrogens is 190 g/mol. The van der Waals surface area contributed by atoms with Crippen molar-refractivity contribution in [2.24, 2.45) is 0 Å². The third kappa shape index (κ3) is 1.98. The van der Waals surface area contributed by atoms with E-state index in [9.17, 15) is 0 Å². The van der Waals surface area contributed by atoms with Crippen LogP contribution in [0, 0.1) is 0 Å². The maximum absolute atomic E-state index is 5.15. The van der Waals surface area contributed by atoms with Crippen LogP contribution in [-0.2, 0) is 6.42 Å². The van der Waals surface area contributed by atoms with Crippen LogP contribution in [0.1, 0.15) is 12.7 Å². The molecule has 0 amide bonds. The Morgan fingerprint density at radius 1 is 1.40 bits per heavy atom. The number of nitrogens with zero attached hydrogens (tertiary/aromatic N) is 3. The molecule has 2 aromatic rings. The van der Waals surface area contributed by atoms with Crippen LogP contribution >= 0.6 is 0 Å². The minimum absolute atomic E-state index is 0.820. The third-order valence-electron chi connectivity index (χ3n) is 2.17. The first-order valence-corrected chi connectivity index (χ1v) is 4.88. The highest BCUT2D eigenvalue weighted by atomic mass is 16.5. The first-order chi connectivity index (χ1) is 7.33. The van der Waals surface area contributed by atoms with E-state index in [1.807, 2.05) is 31.2 Å². The van der Waals surface area contributed by atoms with Gasteiger partial charge in [-0.05, 0) is 12.1 Å². The van der Waals surface area contributed by atoms with E-state index in [4.69, 9.17) is 4.74 Å². The number of methoxy groups -OCH3 is 1. The molecule has 0 spiro atoms. The smallest absolute Gasteiger partial charge is 0.150 e. The molecule has 4 nitrogen and oxygen atoms in total. The van der Waals surface area contributed by atoms with Crippen molar-refractivity contribution in [3.05, 3.63) is 36.4 Å². The summed E-state index contributed by atoms with van der Waals surface area (Å²) in [4.78, 5) is 4.18. The molecule has 0 saturated heterocycles. The SMILES string of the molecule is CCc1ncn(-c2cccc(OC)c2)n1. The van der Waals surface area contributed by atoms with Gasteiger partial charge in [0.2, 0.25) is 0 Å². The van der Waals surface area contributed by atoms with Crippen LogP contribution in [0.25, 0.3) is 5.69 Å². The summed E-state index contributed by atoms with van der Waals surface area (Å²) in [5, 5.41) is 4.32. The maximum atomic E-state index is 5.15. The van der Waals surface area contributed by atoms with Crippen LogP contribution in [0.4, 0.5) is 0 Å². The highest BCUT2D eigenvalue weighted by Gasteiger charge is 2.01. The quantitative estimate of drug-likeness (QED) is 0.764. The Labute approximate surface area is 88.5 Å². The van der Waals surface area contributed by atoms with Gasteiger partial charge in [0.05, 0.1) is 12.8 Å². The van der Waals surface area contributed by atoms with Crippen molar-refractivity contribution >= 4 is 0 Å². The summed E-state index contributed by atoms with van der Waals surface area (Å²) in [7, 11) is 1.65. The molecule has 0 saturated carbocycles. The van der Waals surface area contributed by atoms with E-state index >= 15 is 0 Å². The van der Waals surface area contributed by atoms with Gasteiger partial charge < -0.3 is 4.74 Å². The van der Waals surface area contributed by atoms with Crippen molar-refractivity contribution in [3.63, 3.8) is 0 Å². The van der Waals surface area contributed by atoms with Gasteiger partial charge in [-0.15, -0.1) is 0 Å². The Morgan fingerprint density at radius 2 is 2.27 bits per heavy atom. The lowest BCUT2D eigenvalue weighted by molar-refractivity contribution is 0.414. The van der Waals surface area contributed by atoms with Crippen molar-refractivity contribution in [1.82, 2.24) is 14.8 Å². The molecule has 15 heavy (non-hydrogen) atoms. The summed E-state index contributed by atoms with van der Waals surface area (Å²) in [5.74, 6) is 1.67. The molecule has 0 radical (unpaired) electrons. The summed E-state index contributed by atoms with van der Waals surface area (Å²) in [6, 6.07) is 7.73. The predicted octanol–water partition coefficient (Wildman–Crippen LogP) is 1.84. The van der Waals surface area contributed by atoms with Gasteiger partial charge in [-0.1, -0.05) is 13.0 Å². The molecule has 78 valence electrons. The van der Waals surface area contributed by atoms with Crippen molar-refractivity contribution in [1.29, 1.82) is 0 Å². The zero-order valence-corrected chi connectivity index (χ0v) is 8.84. The molecule has 0 aliphatic rings. The van der Waals surface area contributed by atoms with Gasteiger partial charge in [0.15, 0.2) is 5.82 Å². The molecule has 1 aromatic carbocycles. The molecule has 0 fully saturated rings. The largest absolute Gasteiger partial charge is 0.497 e.